The Bertz CT molecular complexity index is 877. The second-order valence-corrected chi connectivity index (χ2v) is 5.24. The maximum absolute atomic E-state index is 5.57. The van der Waals surface area contributed by atoms with E-state index in [1.807, 2.05) is 54.6 Å². The molecule has 23 heavy (non-hydrogen) atoms. The molecule has 0 spiro atoms. The average molecular weight is 305 g/mol. The molecule has 2 heterocycles. The van der Waals surface area contributed by atoms with Crippen LogP contribution in [-0.4, -0.2) is 18.2 Å². The molecule has 0 aliphatic carbocycles. The molecule has 0 amide bonds. The molecule has 114 valence electrons. The van der Waals surface area contributed by atoms with Gasteiger partial charge in [-0.05, 0) is 35.9 Å². The lowest BCUT2D eigenvalue weighted by molar-refractivity contribution is 0.171. The molecular weight excluding hydrogens is 290 g/mol. The molecule has 0 radical (unpaired) electrons. The summed E-state index contributed by atoms with van der Waals surface area (Å²) in [5, 5.41) is 9.53. The van der Waals surface area contributed by atoms with Crippen molar-refractivity contribution in [2.45, 2.75) is 6.54 Å². The summed E-state index contributed by atoms with van der Waals surface area (Å²) in [5.41, 5.74) is 1.95. The predicted octanol–water partition coefficient (Wildman–Crippen LogP) is 4.29. The van der Waals surface area contributed by atoms with Crippen LogP contribution in [0.25, 0.3) is 10.9 Å². The molecule has 5 heteroatoms. The normalized spacial score (nSPS) is 13.6. The summed E-state index contributed by atoms with van der Waals surface area (Å²) in [7, 11) is 0. The molecule has 2 aromatic carbocycles. The number of hydrogen-bond donors (Lipinski definition) is 0. The molecule has 3 aromatic rings. The first-order chi connectivity index (χ1) is 11.4. The van der Waals surface area contributed by atoms with Gasteiger partial charge in [0.25, 0.3) is 0 Å². The van der Waals surface area contributed by atoms with Crippen molar-refractivity contribution in [1.29, 1.82) is 0 Å². The van der Waals surface area contributed by atoms with Gasteiger partial charge in [-0.3, -0.25) is 0 Å². The van der Waals surface area contributed by atoms with E-state index >= 15 is 0 Å². The molecule has 0 atom stereocenters. The van der Waals surface area contributed by atoms with E-state index in [0.29, 0.717) is 25.6 Å². The minimum absolute atomic E-state index is 0.477. The lowest BCUT2D eigenvalue weighted by Crippen LogP contribution is -2.15. The van der Waals surface area contributed by atoms with Gasteiger partial charge in [0.15, 0.2) is 17.3 Å². The van der Waals surface area contributed by atoms with Crippen molar-refractivity contribution < 1.29 is 9.47 Å². The predicted molar refractivity (Wildman–Crippen MR) is 87.4 cm³/mol. The van der Waals surface area contributed by atoms with Gasteiger partial charge in [-0.2, -0.15) is 5.11 Å². The summed E-state index contributed by atoms with van der Waals surface area (Å²) in [5.74, 6) is 2.17. The minimum Gasteiger partial charge on any atom is -0.486 e. The third-order valence-corrected chi connectivity index (χ3v) is 3.62. The fourth-order valence-corrected chi connectivity index (χ4v) is 2.49. The summed E-state index contributed by atoms with van der Waals surface area (Å²) in [4.78, 5) is 4.47. The van der Waals surface area contributed by atoms with E-state index in [2.05, 4.69) is 15.2 Å². The number of pyridine rings is 1. The van der Waals surface area contributed by atoms with Crippen molar-refractivity contribution in [3.63, 3.8) is 0 Å². The zero-order chi connectivity index (χ0) is 15.5. The highest BCUT2D eigenvalue weighted by Crippen LogP contribution is 2.31. The number of nitrogens with zero attached hydrogens (tertiary/aromatic N) is 3. The zero-order valence-electron chi connectivity index (χ0n) is 12.5. The fraction of sp³-hybridized carbons (Fsp3) is 0.167. The second kappa shape index (κ2) is 6.04. The van der Waals surface area contributed by atoms with Gasteiger partial charge < -0.3 is 9.47 Å². The van der Waals surface area contributed by atoms with Crippen molar-refractivity contribution in [2.24, 2.45) is 10.2 Å². The molecule has 1 aliphatic rings. The molecule has 1 aliphatic heterocycles. The van der Waals surface area contributed by atoms with E-state index in [-0.39, 0.29) is 0 Å². The Hall–Kier alpha value is -2.95. The van der Waals surface area contributed by atoms with Crippen LogP contribution in [0.4, 0.5) is 5.82 Å². The Morgan fingerprint density at radius 3 is 2.74 bits per heavy atom. The van der Waals surface area contributed by atoms with Gasteiger partial charge in [-0.25, -0.2) is 4.98 Å². The molecule has 0 fully saturated rings. The maximum atomic E-state index is 5.57. The second-order valence-electron chi connectivity index (χ2n) is 5.24. The van der Waals surface area contributed by atoms with Crippen LogP contribution in [0.2, 0.25) is 0 Å². The smallest absolute Gasteiger partial charge is 0.174 e. The van der Waals surface area contributed by atoms with Gasteiger partial charge >= 0.3 is 0 Å². The third kappa shape index (κ3) is 2.99. The first kappa shape index (κ1) is 13.7. The number of fused-ring (bicyclic) bond motifs is 2. The van der Waals surface area contributed by atoms with Gasteiger partial charge in [0.1, 0.15) is 13.2 Å². The van der Waals surface area contributed by atoms with Gasteiger partial charge in [0, 0.05) is 5.39 Å². The number of para-hydroxylation sites is 1. The molecule has 0 bridgehead atoms. The monoisotopic (exact) mass is 305 g/mol. The molecule has 0 N–H and O–H groups in total. The van der Waals surface area contributed by atoms with Crippen molar-refractivity contribution in [1.82, 2.24) is 4.98 Å². The summed E-state index contributed by atoms with van der Waals surface area (Å²) >= 11 is 0. The molecule has 1 aromatic heterocycles. The lowest BCUT2D eigenvalue weighted by atomic mass is 10.2. The summed E-state index contributed by atoms with van der Waals surface area (Å²) in [6, 6.07) is 17.7. The lowest BCUT2D eigenvalue weighted by Gasteiger charge is -2.18. The first-order valence-corrected chi connectivity index (χ1v) is 7.50. The Balaban J connectivity index is 1.50. The summed E-state index contributed by atoms with van der Waals surface area (Å²) in [6.07, 6.45) is 0. The first-order valence-electron chi connectivity index (χ1n) is 7.50. The number of benzene rings is 2. The van der Waals surface area contributed by atoms with Crippen LogP contribution in [0, 0.1) is 0 Å². The highest BCUT2D eigenvalue weighted by atomic mass is 16.6. The largest absolute Gasteiger partial charge is 0.486 e. The van der Waals surface area contributed by atoms with Crippen molar-refractivity contribution in [2.75, 3.05) is 13.2 Å². The number of azo groups is 1. The maximum Gasteiger partial charge on any atom is 0.174 e. The van der Waals surface area contributed by atoms with E-state index in [4.69, 9.17) is 9.47 Å². The van der Waals surface area contributed by atoms with Crippen LogP contribution in [0.5, 0.6) is 11.5 Å². The van der Waals surface area contributed by atoms with Crippen LogP contribution in [-0.2, 0) is 6.54 Å². The fourth-order valence-electron chi connectivity index (χ4n) is 2.49. The van der Waals surface area contributed by atoms with Crippen LogP contribution in [0.3, 0.4) is 0 Å². The van der Waals surface area contributed by atoms with E-state index < -0.39 is 0 Å². The highest BCUT2D eigenvalue weighted by molar-refractivity contribution is 5.79. The zero-order valence-corrected chi connectivity index (χ0v) is 12.5. The number of aromatic nitrogens is 1. The van der Waals surface area contributed by atoms with Crippen molar-refractivity contribution in [3.8, 4) is 11.5 Å². The number of hydrogen-bond acceptors (Lipinski definition) is 5. The van der Waals surface area contributed by atoms with E-state index in [1.54, 1.807) is 0 Å². The van der Waals surface area contributed by atoms with Crippen LogP contribution in [0.1, 0.15) is 5.56 Å². The molecule has 0 unspecified atom stereocenters. The van der Waals surface area contributed by atoms with E-state index in [1.165, 1.54) is 0 Å². The molecule has 0 saturated heterocycles. The topological polar surface area (TPSA) is 56.1 Å². The van der Waals surface area contributed by atoms with Crippen LogP contribution >= 0.6 is 0 Å². The standard InChI is InChI=1S/C18H15N3O2/c1-2-4-15-14(3-1)6-8-18(20-15)21-19-12-13-5-7-16-17(11-13)23-10-9-22-16/h1-8,11H,9-10,12H2. The molecule has 5 nitrogen and oxygen atoms in total. The van der Waals surface area contributed by atoms with Gasteiger partial charge in [-0.15, -0.1) is 5.11 Å². The van der Waals surface area contributed by atoms with Crippen LogP contribution < -0.4 is 9.47 Å². The minimum atomic E-state index is 0.477. The Labute approximate surface area is 133 Å². The highest BCUT2D eigenvalue weighted by Gasteiger charge is 2.11. The molecular formula is C18H15N3O2. The third-order valence-electron chi connectivity index (χ3n) is 3.62. The van der Waals surface area contributed by atoms with E-state index in [9.17, 15) is 0 Å². The summed E-state index contributed by atoms with van der Waals surface area (Å²) in [6.45, 7) is 1.66. The Morgan fingerprint density at radius 2 is 1.78 bits per heavy atom. The number of rotatable bonds is 3. The van der Waals surface area contributed by atoms with Gasteiger partial charge in [-0.1, -0.05) is 24.3 Å². The number of ether oxygens (including phenoxy) is 2. The average Bonchev–Trinajstić information content (AvgIpc) is 2.61. The van der Waals surface area contributed by atoms with Gasteiger partial charge in [0.2, 0.25) is 0 Å². The van der Waals surface area contributed by atoms with Gasteiger partial charge in [0.05, 0.1) is 12.1 Å². The SMILES string of the molecule is c1ccc2nc(N=NCc3ccc4c(c3)OCCO4)ccc2c1. The molecule has 0 saturated carbocycles. The Morgan fingerprint density at radius 1 is 0.913 bits per heavy atom. The summed E-state index contributed by atoms with van der Waals surface area (Å²) < 4.78 is 11.1. The van der Waals surface area contributed by atoms with Crippen molar-refractivity contribution in [3.05, 3.63) is 60.2 Å². The Kier molecular flexibility index (Phi) is 3.60. The van der Waals surface area contributed by atoms with Crippen LogP contribution in [0.15, 0.2) is 64.8 Å². The van der Waals surface area contributed by atoms with Crippen molar-refractivity contribution >= 4 is 16.7 Å². The molecule has 4 rings (SSSR count). The quantitative estimate of drug-likeness (QED) is 0.678. The van der Waals surface area contributed by atoms with E-state index in [0.717, 1.165) is 28.0 Å².